The van der Waals surface area contributed by atoms with Crippen molar-refractivity contribution in [3.05, 3.63) is 127 Å². The Hall–Kier alpha value is -4.52. The minimum atomic E-state index is 0.672. The Morgan fingerprint density at radius 1 is 0.611 bits per heavy atom. The summed E-state index contributed by atoms with van der Waals surface area (Å²) in [6.45, 7) is 0. The highest BCUT2D eigenvalue weighted by molar-refractivity contribution is 7.99. The first-order valence-electron chi connectivity index (χ1n) is 11.9. The van der Waals surface area contributed by atoms with E-state index in [9.17, 15) is 5.26 Å². The number of fused-ring (bicyclic) bond motifs is 7. The average molecular weight is 477 g/mol. The van der Waals surface area contributed by atoms with Crippen LogP contribution in [0.25, 0.3) is 50.1 Å². The van der Waals surface area contributed by atoms with Gasteiger partial charge >= 0.3 is 0 Å². The third-order valence-corrected chi connectivity index (χ3v) is 8.00. The van der Waals surface area contributed by atoms with Gasteiger partial charge in [-0.3, -0.25) is 0 Å². The first kappa shape index (κ1) is 20.8. The summed E-state index contributed by atoms with van der Waals surface area (Å²) in [5, 5.41) is 10.6. The molecule has 0 N–H and O–H groups in total. The van der Waals surface area contributed by atoms with Gasteiger partial charge < -0.3 is 4.57 Å². The number of benzene rings is 5. The summed E-state index contributed by atoms with van der Waals surface area (Å²) in [7, 11) is 0. The Labute approximate surface area is 214 Å². The standard InChI is InChI=1S/C33H20N2S/c34-21-22-8-7-9-24(20-22)23-16-18-25(19-17-23)35-29-13-4-1-10-26(29)32-27-11-2-5-14-30(27)36-31-15-6-3-12-28(31)33(32)35/h1-20H. The second-order valence-electron chi connectivity index (χ2n) is 8.91. The highest BCUT2D eigenvalue weighted by Crippen LogP contribution is 2.52. The molecule has 0 amide bonds. The van der Waals surface area contributed by atoms with Gasteiger partial charge in [0, 0.05) is 32.0 Å². The summed E-state index contributed by atoms with van der Waals surface area (Å²) in [6, 6.07) is 44.8. The molecule has 0 radical (unpaired) electrons. The fraction of sp³-hybridized carbons (Fsp3) is 0. The molecule has 0 unspecified atom stereocenters. The molecule has 0 atom stereocenters. The van der Waals surface area contributed by atoms with Gasteiger partial charge in [0.25, 0.3) is 0 Å². The van der Waals surface area contributed by atoms with Crippen molar-refractivity contribution in [2.75, 3.05) is 0 Å². The van der Waals surface area contributed by atoms with Gasteiger partial charge in [-0.2, -0.15) is 5.26 Å². The van der Waals surface area contributed by atoms with Crippen LogP contribution in [0.15, 0.2) is 131 Å². The van der Waals surface area contributed by atoms with Crippen molar-refractivity contribution in [3.63, 3.8) is 0 Å². The molecule has 0 saturated heterocycles. The summed E-state index contributed by atoms with van der Waals surface area (Å²) in [6.07, 6.45) is 0. The van der Waals surface area contributed by atoms with Crippen molar-refractivity contribution in [3.8, 4) is 45.3 Å². The molecule has 0 saturated carbocycles. The van der Waals surface area contributed by atoms with E-state index < -0.39 is 0 Å². The molecule has 5 aromatic carbocycles. The van der Waals surface area contributed by atoms with Crippen molar-refractivity contribution in [1.82, 2.24) is 4.57 Å². The van der Waals surface area contributed by atoms with E-state index in [1.54, 1.807) is 0 Å². The molecule has 6 aromatic rings. The molecule has 168 valence electrons. The lowest BCUT2D eigenvalue weighted by Crippen LogP contribution is -1.98. The molecule has 7 rings (SSSR count). The Kier molecular flexibility index (Phi) is 4.80. The molecular weight excluding hydrogens is 456 g/mol. The molecular formula is C33H20N2S. The smallest absolute Gasteiger partial charge is 0.0991 e. The van der Waals surface area contributed by atoms with Gasteiger partial charge in [0.05, 0.1) is 22.8 Å². The summed E-state index contributed by atoms with van der Waals surface area (Å²) in [4.78, 5) is 2.54. The second kappa shape index (κ2) is 8.30. The van der Waals surface area contributed by atoms with Crippen LogP contribution >= 0.6 is 11.8 Å². The zero-order chi connectivity index (χ0) is 24.1. The molecule has 3 heteroatoms. The molecule has 1 aromatic heterocycles. The maximum atomic E-state index is 9.31. The van der Waals surface area contributed by atoms with Crippen LogP contribution in [0, 0.1) is 11.3 Å². The lowest BCUT2D eigenvalue weighted by Gasteiger charge is -2.14. The van der Waals surface area contributed by atoms with E-state index in [2.05, 4.69) is 114 Å². The van der Waals surface area contributed by atoms with E-state index in [4.69, 9.17) is 0 Å². The maximum Gasteiger partial charge on any atom is 0.0991 e. The normalized spacial score (nSPS) is 11.8. The molecule has 36 heavy (non-hydrogen) atoms. The molecule has 1 aliphatic heterocycles. The van der Waals surface area contributed by atoms with Gasteiger partial charge in [0.1, 0.15) is 0 Å². The number of hydrogen-bond acceptors (Lipinski definition) is 2. The van der Waals surface area contributed by atoms with Crippen LogP contribution in [0.4, 0.5) is 0 Å². The van der Waals surface area contributed by atoms with Crippen LogP contribution in [0.2, 0.25) is 0 Å². The third-order valence-electron chi connectivity index (χ3n) is 6.84. The number of para-hydroxylation sites is 1. The van der Waals surface area contributed by atoms with Crippen LogP contribution in [-0.2, 0) is 0 Å². The van der Waals surface area contributed by atoms with Crippen LogP contribution in [0.5, 0.6) is 0 Å². The average Bonchev–Trinajstić information content (AvgIpc) is 3.21. The summed E-state index contributed by atoms with van der Waals surface area (Å²) < 4.78 is 2.40. The van der Waals surface area contributed by atoms with Crippen molar-refractivity contribution in [2.24, 2.45) is 0 Å². The minimum Gasteiger partial charge on any atom is -0.309 e. The molecule has 0 bridgehead atoms. The van der Waals surface area contributed by atoms with Crippen LogP contribution < -0.4 is 0 Å². The SMILES string of the molecule is N#Cc1cccc(-c2ccc(-n3c4c(c5ccccc53)-c3ccccc3Sc3ccccc3-4)cc2)c1. The monoisotopic (exact) mass is 476 g/mol. The van der Waals surface area contributed by atoms with Crippen molar-refractivity contribution >= 4 is 22.7 Å². The van der Waals surface area contributed by atoms with Gasteiger partial charge in [0.2, 0.25) is 0 Å². The molecule has 0 fully saturated rings. The van der Waals surface area contributed by atoms with E-state index in [1.165, 1.54) is 43.1 Å². The van der Waals surface area contributed by atoms with E-state index >= 15 is 0 Å². The Balaban J connectivity index is 1.51. The predicted molar refractivity (Wildman–Crippen MR) is 148 cm³/mol. The number of nitriles is 1. The highest BCUT2D eigenvalue weighted by Gasteiger charge is 2.27. The van der Waals surface area contributed by atoms with Crippen molar-refractivity contribution < 1.29 is 0 Å². The number of hydrogen-bond donors (Lipinski definition) is 0. The summed E-state index contributed by atoms with van der Waals surface area (Å²) in [5.41, 5.74) is 10.2. The van der Waals surface area contributed by atoms with E-state index in [-0.39, 0.29) is 0 Å². The zero-order valence-electron chi connectivity index (χ0n) is 19.3. The van der Waals surface area contributed by atoms with Gasteiger partial charge in [-0.25, -0.2) is 0 Å². The first-order chi connectivity index (χ1) is 17.8. The molecule has 2 heterocycles. The minimum absolute atomic E-state index is 0.672. The fourth-order valence-electron chi connectivity index (χ4n) is 5.24. The maximum absolute atomic E-state index is 9.31. The summed E-state index contributed by atoms with van der Waals surface area (Å²) in [5.74, 6) is 0. The predicted octanol–water partition coefficient (Wildman–Crippen LogP) is 8.97. The van der Waals surface area contributed by atoms with Gasteiger partial charge in [-0.15, -0.1) is 0 Å². The van der Waals surface area contributed by atoms with Gasteiger partial charge in [-0.1, -0.05) is 90.6 Å². The quantitative estimate of drug-likeness (QED) is 0.249. The molecule has 0 aliphatic carbocycles. The Morgan fingerprint density at radius 3 is 2.11 bits per heavy atom. The van der Waals surface area contributed by atoms with Gasteiger partial charge in [-0.05, 0) is 59.2 Å². The second-order valence-corrected chi connectivity index (χ2v) is 9.99. The fourth-order valence-corrected chi connectivity index (χ4v) is 6.32. The van der Waals surface area contributed by atoms with Crippen LogP contribution in [0.1, 0.15) is 5.56 Å². The number of nitrogens with zero attached hydrogens (tertiary/aromatic N) is 2. The Bertz CT molecular complexity index is 1820. The van der Waals surface area contributed by atoms with Crippen molar-refractivity contribution in [2.45, 2.75) is 9.79 Å². The van der Waals surface area contributed by atoms with E-state index in [1.807, 2.05) is 30.0 Å². The largest absolute Gasteiger partial charge is 0.309 e. The van der Waals surface area contributed by atoms with Crippen LogP contribution in [0.3, 0.4) is 0 Å². The van der Waals surface area contributed by atoms with Crippen LogP contribution in [-0.4, -0.2) is 4.57 Å². The number of rotatable bonds is 2. The highest BCUT2D eigenvalue weighted by atomic mass is 32.2. The molecule has 1 aliphatic rings. The lowest BCUT2D eigenvalue weighted by atomic mass is 9.98. The topological polar surface area (TPSA) is 28.7 Å². The number of aromatic nitrogens is 1. The third kappa shape index (κ3) is 3.20. The zero-order valence-corrected chi connectivity index (χ0v) is 20.2. The first-order valence-corrected chi connectivity index (χ1v) is 12.7. The van der Waals surface area contributed by atoms with Crippen molar-refractivity contribution in [1.29, 1.82) is 5.26 Å². The lowest BCUT2D eigenvalue weighted by molar-refractivity contribution is 1.13. The summed E-state index contributed by atoms with van der Waals surface area (Å²) >= 11 is 1.84. The Morgan fingerprint density at radius 2 is 1.31 bits per heavy atom. The van der Waals surface area contributed by atoms with E-state index in [0.717, 1.165) is 16.8 Å². The van der Waals surface area contributed by atoms with E-state index in [0.29, 0.717) is 5.56 Å². The molecule has 0 spiro atoms. The van der Waals surface area contributed by atoms with Gasteiger partial charge in [0.15, 0.2) is 0 Å². The molecule has 2 nitrogen and oxygen atoms in total.